The molecule has 2 heterocycles. The number of rotatable bonds is 1. The minimum Gasteiger partial charge on any atom is -0.382 e. The Morgan fingerprint density at radius 1 is 1.50 bits per heavy atom. The van der Waals surface area contributed by atoms with Crippen LogP contribution < -0.4 is 5.73 Å². The van der Waals surface area contributed by atoms with E-state index >= 15 is 0 Å². The zero-order valence-electron chi connectivity index (χ0n) is 7.07. The van der Waals surface area contributed by atoms with E-state index in [4.69, 9.17) is 11.1 Å². The van der Waals surface area contributed by atoms with E-state index in [2.05, 4.69) is 4.98 Å². The molecule has 0 spiro atoms. The molecule has 0 saturated heterocycles. The van der Waals surface area contributed by atoms with Crippen LogP contribution in [0.2, 0.25) is 0 Å². The van der Waals surface area contributed by atoms with E-state index in [0.29, 0.717) is 11.3 Å². The number of nitrogens with two attached hydrogens (primary N) is 1. The normalized spacial score (nSPS) is 9.79. The first-order valence-electron chi connectivity index (χ1n) is 3.65. The van der Waals surface area contributed by atoms with Crippen molar-refractivity contribution in [2.24, 2.45) is 5.73 Å². The first-order chi connectivity index (χ1) is 6.18. The summed E-state index contributed by atoms with van der Waals surface area (Å²) in [4.78, 5) is 3.96. The molecule has 0 fully saturated rings. The summed E-state index contributed by atoms with van der Waals surface area (Å²) in [6.45, 7) is 0. The van der Waals surface area contributed by atoms with Gasteiger partial charge in [-0.2, -0.15) is 0 Å². The second-order valence-corrected chi connectivity index (χ2v) is 2.63. The molecule has 74 valence electrons. The Hall–Kier alpha value is -1.62. The van der Waals surface area contributed by atoms with E-state index in [0.717, 1.165) is 0 Å². The molecule has 0 atom stereocenters. The molecule has 0 bridgehead atoms. The Morgan fingerprint density at radius 2 is 2.21 bits per heavy atom. The van der Waals surface area contributed by atoms with E-state index in [-0.39, 0.29) is 24.1 Å². The zero-order valence-corrected chi connectivity index (χ0v) is 7.88. The van der Waals surface area contributed by atoms with Gasteiger partial charge in [0.1, 0.15) is 23.0 Å². The number of halogens is 2. The van der Waals surface area contributed by atoms with Crippen LogP contribution in [0.5, 0.6) is 0 Å². The molecular formula is C8H8ClFN4. The van der Waals surface area contributed by atoms with Crippen LogP contribution in [0.1, 0.15) is 5.69 Å². The highest BCUT2D eigenvalue weighted by molar-refractivity contribution is 5.93. The summed E-state index contributed by atoms with van der Waals surface area (Å²) in [5, 5.41) is 7.20. The molecule has 0 saturated carbocycles. The maximum Gasteiger partial charge on any atom is 0.141 e. The fraction of sp³-hybridized carbons (Fsp3) is 0. The maximum absolute atomic E-state index is 12.8. The molecule has 0 radical (unpaired) electrons. The van der Waals surface area contributed by atoms with Crippen molar-refractivity contribution in [1.29, 1.82) is 5.41 Å². The number of aromatic nitrogens is 2. The quantitative estimate of drug-likeness (QED) is 0.553. The number of amidine groups is 1. The molecule has 6 heteroatoms. The fourth-order valence-corrected chi connectivity index (χ4v) is 1.15. The highest BCUT2D eigenvalue weighted by Gasteiger charge is 2.05. The van der Waals surface area contributed by atoms with Gasteiger partial charge in [0.2, 0.25) is 0 Å². The lowest BCUT2D eigenvalue weighted by Gasteiger charge is -1.98. The Kier molecular flexibility index (Phi) is 2.71. The third kappa shape index (κ3) is 1.54. The van der Waals surface area contributed by atoms with Crippen molar-refractivity contribution >= 4 is 23.9 Å². The number of hydrogen-bond donors (Lipinski definition) is 2. The van der Waals surface area contributed by atoms with Crippen molar-refractivity contribution in [1.82, 2.24) is 9.38 Å². The lowest BCUT2D eigenvalue weighted by molar-refractivity contribution is 0.619. The second kappa shape index (κ2) is 3.63. The van der Waals surface area contributed by atoms with Crippen LogP contribution in [0, 0.1) is 11.2 Å². The zero-order chi connectivity index (χ0) is 9.42. The number of pyridine rings is 1. The van der Waals surface area contributed by atoms with Gasteiger partial charge in [-0.15, -0.1) is 12.4 Å². The van der Waals surface area contributed by atoms with Gasteiger partial charge >= 0.3 is 0 Å². The van der Waals surface area contributed by atoms with E-state index < -0.39 is 0 Å². The molecule has 14 heavy (non-hydrogen) atoms. The predicted molar refractivity (Wildman–Crippen MR) is 53.4 cm³/mol. The standard InChI is InChI=1S/C8H7FN4.ClH/c9-5-1-2-7-12-3-6(8(10)11)13(7)4-5;/h1-4H,(H3,10,11);1H. The molecule has 0 aromatic carbocycles. The summed E-state index contributed by atoms with van der Waals surface area (Å²) in [5.41, 5.74) is 6.25. The number of nitrogens with one attached hydrogen (secondary N) is 1. The Labute approximate surface area is 85.5 Å². The SMILES string of the molecule is Cl.N=C(N)c1cnc2ccc(F)cn12. The third-order valence-corrected chi connectivity index (χ3v) is 1.75. The number of hydrogen-bond acceptors (Lipinski definition) is 2. The Bertz CT molecular complexity index is 479. The van der Waals surface area contributed by atoms with E-state index in [1.165, 1.54) is 28.9 Å². The molecule has 0 aliphatic carbocycles. The molecule has 0 unspecified atom stereocenters. The fourth-order valence-electron chi connectivity index (χ4n) is 1.15. The van der Waals surface area contributed by atoms with E-state index in [1.54, 1.807) is 0 Å². The summed E-state index contributed by atoms with van der Waals surface area (Å²) in [6, 6.07) is 2.84. The topological polar surface area (TPSA) is 67.2 Å². The van der Waals surface area contributed by atoms with Crippen molar-refractivity contribution in [3.8, 4) is 0 Å². The lowest BCUT2D eigenvalue weighted by atomic mass is 10.4. The van der Waals surface area contributed by atoms with Crippen molar-refractivity contribution in [3.63, 3.8) is 0 Å². The average Bonchev–Trinajstić information content (AvgIpc) is 2.46. The third-order valence-electron chi connectivity index (χ3n) is 1.75. The lowest BCUT2D eigenvalue weighted by Crippen LogP contribution is -2.13. The van der Waals surface area contributed by atoms with Crippen LogP contribution in [-0.2, 0) is 0 Å². The second-order valence-electron chi connectivity index (χ2n) is 2.63. The van der Waals surface area contributed by atoms with Gasteiger partial charge in [0.05, 0.1) is 6.20 Å². The van der Waals surface area contributed by atoms with Gasteiger partial charge in [0.15, 0.2) is 0 Å². The predicted octanol–water partition coefficient (Wildman–Crippen LogP) is 1.18. The molecule has 4 nitrogen and oxygen atoms in total. The van der Waals surface area contributed by atoms with Gasteiger partial charge < -0.3 is 5.73 Å². The van der Waals surface area contributed by atoms with Crippen molar-refractivity contribution in [2.75, 3.05) is 0 Å². The largest absolute Gasteiger partial charge is 0.382 e. The average molecular weight is 215 g/mol. The van der Waals surface area contributed by atoms with Gasteiger partial charge in [-0.25, -0.2) is 9.37 Å². The minimum atomic E-state index is -0.381. The molecule has 3 N–H and O–H groups in total. The summed E-state index contributed by atoms with van der Waals surface area (Å²) in [5.74, 6) is -0.508. The van der Waals surface area contributed by atoms with Crippen LogP contribution in [0.25, 0.3) is 5.65 Å². The van der Waals surface area contributed by atoms with E-state index in [1.807, 2.05) is 0 Å². The first-order valence-corrected chi connectivity index (χ1v) is 3.65. The van der Waals surface area contributed by atoms with Crippen molar-refractivity contribution < 1.29 is 4.39 Å². The Balaban J connectivity index is 0.000000980. The van der Waals surface area contributed by atoms with Gasteiger partial charge in [-0.1, -0.05) is 0 Å². The monoisotopic (exact) mass is 214 g/mol. The molecule has 2 rings (SSSR count). The maximum atomic E-state index is 12.8. The smallest absolute Gasteiger partial charge is 0.141 e. The van der Waals surface area contributed by atoms with Crippen LogP contribution in [0.3, 0.4) is 0 Å². The highest BCUT2D eigenvalue weighted by atomic mass is 35.5. The molecule has 0 amide bonds. The van der Waals surface area contributed by atoms with Crippen molar-refractivity contribution in [2.45, 2.75) is 0 Å². The van der Waals surface area contributed by atoms with E-state index in [9.17, 15) is 4.39 Å². The summed E-state index contributed by atoms with van der Waals surface area (Å²) < 4.78 is 14.2. The van der Waals surface area contributed by atoms with Gasteiger partial charge in [0, 0.05) is 6.20 Å². The molecular weight excluding hydrogens is 207 g/mol. The van der Waals surface area contributed by atoms with Crippen LogP contribution in [0.4, 0.5) is 4.39 Å². The van der Waals surface area contributed by atoms with Crippen LogP contribution in [0.15, 0.2) is 24.5 Å². The van der Waals surface area contributed by atoms with Crippen LogP contribution >= 0.6 is 12.4 Å². The van der Waals surface area contributed by atoms with Gasteiger partial charge in [0.25, 0.3) is 0 Å². The summed E-state index contributed by atoms with van der Waals surface area (Å²) >= 11 is 0. The first kappa shape index (κ1) is 10.5. The Morgan fingerprint density at radius 3 is 2.86 bits per heavy atom. The molecule has 0 aliphatic rings. The minimum absolute atomic E-state index is 0. The molecule has 2 aromatic rings. The summed E-state index contributed by atoms with van der Waals surface area (Å²) in [6.07, 6.45) is 2.69. The number of fused-ring (bicyclic) bond motifs is 1. The molecule has 2 aromatic heterocycles. The van der Waals surface area contributed by atoms with Gasteiger partial charge in [-0.05, 0) is 12.1 Å². The van der Waals surface area contributed by atoms with Gasteiger partial charge in [-0.3, -0.25) is 9.81 Å². The van der Waals surface area contributed by atoms with Crippen LogP contribution in [-0.4, -0.2) is 15.2 Å². The van der Waals surface area contributed by atoms with Crippen molar-refractivity contribution in [3.05, 3.63) is 36.0 Å². The number of nitrogen functional groups attached to an aromatic ring is 1. The number of nitrogens with zero attached hydrogens (tertiary/aromatic N) is 2. The highest BCUT2D eigenvalue weighted by Crippen LogP contribution is 2.07. The number of imidazole rings is 1. The summed E-state index contributed by atoms with van der Waals surface area (Å²) in [7, 11) is 0. The molecule has 0 aliphatic heterocycles.